The quantitative estimate of drug-likeness (QED) is 0.265. The molecule has 1 unspecified atom stereocenters. The Hall–Kier alpha value is -3.81. The van der Waals surface area contributed by atoms with E-state index in [-0.39, 0.29) is 48.3 Å². The van der Waals surface area contributed by atoms with Gasteiger partial charge < -0.3 is 15.2 Å². The fourth-order valence-corrected chi connectivity index (χ4v) is 4.60. The van der Waals surface area contributed by atoms with Crippen molar-refractivity contribution in [3.05, 3.63) is 99.6 Å². The van der Waals surface area contributed by atoms with Gasteiger partial charge in [0.2, 0.25) is 0 Å². The first-order valence-electron chi connectivity index (χ1n) is 12.8. The highest BCUT2D eigenvalue weighted by Crippen LogP contribution is 2.33. The molecule has 0 heterocycles. The lowest BCUT2D eigenvalue weighted by Crippen LogP contribution is -2.30. The minimum atomic E-state index is -4.52. The van der Waals surface area contributed by atoms with Crippen LogP contribution in [0.15, 0.2) is 60.7 Å². The van der Waals surface area contributed by atoms with Gasteiger partial charge in [0.05, 0.1) is 11.6 Å². The molecule has 0 fully saturated rings. The van der Waals surface area contributed by atoms with Crippen LogP contribution in [-0.2, 0) is 24.0 Å². The highest BCUT2D eigenvalue weighted by atomic mass is 19.4. The van der Waals surface area contributed by atoms with E-state index < -0.39 is 23.6 Å². The van der Waals surface area contributed by atoms with Gasteiger partial charge in [0.25, 0.3) is 5.91 Å². The molecule has 0 aliphatic carbocycles. The summed E-state index contributed by atoms with van der Waals surface area (Å²) in [7, 11) is 0. The van der Waals surface area contributed by atoms with Crippen LogP contribution in [0.25, 0.3) is 0 Å². The van der Waals surface area contributed by atoms with Gasteiger partial charge in [0, 0.05) is 17.5 Å². The molecule has 3 rings (SSSR count). The minimum Gasteiger partial charge on any atom is -0.489 e. The summed E-state index contributed by atoms with van der Waals surface area (Å²) in [5.74, 6) is -0.909. The normalized spacial score (nSPS) is 12.3. The zero-order valence-corrected chi connectivity index (χ0v) is 22.6. The zero-order valence-electron chi connectivity index (χ0n) is 22.6. The summed E-state index contributed by atoms with van der Waals surface area (Å²) < 4.78 is 45.9. The van der Waals surface area contributed by atoms with E-state index in [2.05, 4.69) is 25.2 Å². The molecule has 8 heteroatoms. The third kappa shape index (κ3) is 8.60. The van der Waals surface area contributed by atoms with Crippen molar-refractivity contribution >= 4 is 11.9 Å². The molecule has 0 spiro atoms. The smallest absolute Gasteiger partial charge is 0.416 e. The van der Waals surface area contributed by atoms with Crippen molar-refractivity contribution in [2.24, 2.45) is 5.92 Å². The number of aryl methyl sites for hydroxylation is 3. The van der Waals surface area contributed by atoms with Gasteiger partial charge >= 0.3 is 12.1 Å². The van der Waals surface area contributed by atoms with E-state index >= 15 is 0 Å². The fourth-order valence-electron chi connectivity index (χ4n) is 4.60. The summed E-state index contributed by atoms with van der Waals surface area (Å²) in [5, 5.41) is 12.3. The van der Waals surface area contributed by atoms with Crippen molar-refractivity contribution in [3.8, 4) is 5.75 Å². The van der Waals surface area contributed by atoms with Gasteiger partial charge in [-0.15, -0.1) is 0 Å². The van der Waals surface area contributed by atoms with Crippen molar-refractivity contribution in [1.82, 2.24) is 5.32 Å². The number of rotatable bonds is 11. The highest BCUT2D eigenvalue weighted by Gasteiger charge is 2.33. The standard InChI is InChI=1S/C31H34F3NO4/c1-19(2)13-28(24-15-20(3)14-21(4)16-24)35-30(38)26-17-25(11-9-22(26)10-12-29(36)37)39-18-23-7-5-6-8-27(23)31(32,33)34/h5-9,11,14-17,19,28H,10,12-13,18H2,1-4H3,(H,35,38)(H,36,37). The molecule has 0 saturated carbocycles. The number of nitrogens with one attached hydrogen (secondary N) is 1. The van der Waals surface area contributed by atoms with Crippen molar-refractivity contribution in [2.75, 3.05) is 0 Å². The second kappa shape index (κ2) is 12.8. The van der Waals surface area contributed by atoms with Crippen LogP contribution in [0.1, 0.15) is 76.5 Å². The number of alkyl halides is 3. The van der Waals surface area contributed by atoms with E-state index in [4.69, 9.17) is 4.74 Å². The Bertz CT molecular complexity index is 1300. The van der Waals surface area contributed by atoms with Crippen molar-refractivity contribution in [3.63, 3.8) is 0 Å². The maximum absolute atomic E-state index is 13.6. The van der Waals surface area contributed by atoms with Crippen LogP contribution in [0.2, 0.25) is 0 Å². The number of amides is 1. The first kappa shape index (κ1) is 29.7. The third-order valence-corrected chi connectivity index (χ3v) is 6.31. The monoisotopic (exact) mass is 541 g/mol. The van der Waals surface area contributed by atoms with Crippen LogP contribution in [0, 0.1) is 19.8 Å². The SMILES string of the molecule is Cc1cc(C)cc(C(CC(C)C)NC(=O)c2cc(OCc3ccccc3C(F)(F)F)ccc2CCC(=O)O)c1. The van der Waals surface area contributed by atoms with E-state index in [9.17, 15) is 27.9 Å². The second-order valence-electron chi connectivity index (χ2n) is 10.2. The van der Waals surface area contributed by atoms with E-state index in [1.807, 2.05) is 26.0 Å². The van der Waals surface area contributed by atoms with Gasteiger partial charge in [-0.05, 0) is 61.9 Å². The summed E-state index contributed by atoms with van der Waals surface area (Å²) in [6.45, 7) is 7.77. The summed E-state index contributed by atoms with van der Waals surface area (Å²) >= 11 is 0. The molecule has 5 nitrogen and oxygen atoms in total. The molecular formula is C31H34F3NO4. The molecule has 0 aliphatic rings. The summed E-state index contributed by atoms with van der Waals surface area (Å²) in [5.41, 5.74) is 3.05. The second-order valence-corrected chi connectivity index (χ2v) is 10.2. The lowest BCUT2D eigenvalue weighted by Gasteiger charge is -2.23. The van der Waals surface area contributed by atoms with Crippen LogP contribution in [0.4, 0.5) is 13.2 Å². The maximum Gasteiger partial charge on any atom is 0.416 e. The number of carbonyl (C=O) groups excluding carboxylic acids is 1. The van der Waals surface area contributed by atoms with Gasteiger partial charge in [-0.3, -0.25) is 9.59 Å². The Balaban J connectivity index is 1.91. The van der Waals surface area contributed by atoms with Gasteiger partial charge in [0.15, 0.2) is 0 Å². The molecule has 2 N–H and O–H groups in total. The highest BCUT2D eigenvalue weighted by molar-refractivity contribution is 5.96. The third-order valence-electron chi connectivity index (χ3n) is 6.31. The molecule has 0 aromatic heterocycles. The number of aliphatic carboxylic acids is 1. The van der Waals surface area contributed by atoms with Gasteiger partial charge in [-0.1, -0.05) is 67.4 Å². The van der Waals surface area contributed by atoms with Gasteiger partial charge in [0.1, 0.15) is 12.4 Å². The molecule has 3 aromatic carbocycles. The van der Waals surface area contributed by atoms with Crippen molar-refractivity contribution in [1.29, 1.82) is 0 Å². The Morgan fingerprint density at radius 1 is 0.949 bits per heavy atom. The van der Waals surface area contributed by atoms with Gasteiger partial charge in [-0.25, -0.2) is 0 Å². The molecule has 1 amide bonds. The average molecular weight is 542 g/mol. The Labute approximate surface area is 227 Å². The molecule has 0 saturated heterocycles. The summed E-state index contributed by atoms with van der Waals surface area (Å²) in [6, 6.07) is 15.6. The van der Waals surface area contributed by atoms with E-state index in [0.29, 0.717) is 12.0 Å². The lowest BCUT2D eigenvalue weighted by molar-refractivity contribution is -0.139. The zero-order chi connectivity index (χ0) is 28.7. The number of halogens is 3. The Morgan fingerprint density at radius 2 is 1.62 bits per heavy atom. The van der Waals surface area contributed by atoms with E-state index in [1.54, 1.807) is 12.1 Å². The van der Waals surface area contributed by atoms with Crippen LogP contribution in [-0.4, -0.2) is 17.0 Å². The number of hydrogen-bond acceptors (Lipinski definition) is 3. The van der Waals surface area contributed by atoms with Crippen molar-refractivity contribution in [2.45, 2.75) is 65.8 Å². The Kier molecular flexibility index (Phi) is 9.78. The minimum absolute atomic E-state index is 0.0298. The Morgan fingerprint density at radius 3 is 2.23 bits per heavy atom. The average Bonchev–Trinajstić information content (AvgIpc) is 2.84. The molecule has 208 valence electrons. The molecule has 1 atom stereocenters. The topological polar surface area (TPSA) is 75.6 Å². The van der Waals surface area contributed by atoms with Crippen LogP contribution in [0.3, 0.4) is 0 Å². The lowest BCUT2D eigenvalue weighted by atomic mass is 9.93. The number of benzene rings is 3. The number of carboxylic acid groups (broad SMARTS) is 1. The molecule has 3 aromatic rings. The molecule has 39 heavy (non-hydrogen) atoms. The first-order valence-corrected chi connectivity index (χ1v) is 12.8. The predicted molar refractivity (Wildman–Crippen MR) is 144 cm³/mol. The van der Waals surface area contributed by atoms with Gasteiger partial charge in [-0.2, -0.15) is 13.2 Å². The molecular weight excluding hydrogens is 507 g/mol. The van der Waals surface area contributed by atoms with Crippen LogP contribution < -0.4 is 10.1 Å². The molecule has 0 aliphatic heterocycles. The maximum atomic E-state index is 13.6. The van der Waals surface area contributed by atoms with E-state index in [0.717, 1.165) is 22.8 Å². The summed E-state index contributed by atoms with van der Waals surface area (Å²) in [6.07, 6.45) is -3.89. The molecule has 0 radical (unpaired) electrons. The fraction of sp³-hybridized carbons (Fsp3) is 0.355. The van der Waals surface area contributed by atoms with Crippen molar-refractivity contribution < 1.29 is 32.6 Å². The number of carboxylic acids is 1. The van der Waals surface area contributed by atoms with E-state index in [1.165, 1.54) is 24.3 Å². The number of hydrogen-bond donors (Lipinski definition) is 2. The van der Waals surface area contributed by atoms with Crippen LogP contribution in [0.5, 0.6) is 5.75 Å². The summed E-state index contributed by atoms with van der Waals surface area (Å²) in [4.78, 5) is 24.8. The first-order chi connectivity index (χ1) is 18.3. The predicted octanol–water partition coefficient (Wildman–Crippen LogP) is 7.44. The largest absolute Gasteiger partial charge is 0.489 e. The number of carbonyl (C=O) groups is 2. The van der Waals surface area contributed by atoms with Crippen LogP contribution >= 0.6 is 0 Å². The molecule has 0 bridgehead atoms. The number of ether oxygens (including phenoxy) is 1.